The number of phenols is 1. The highest BCUT2D eigenvalue weighted by molar-refractivity contribution is 6.31. The van der Waals surface area contributed by atoms with Crippen molar-refractivity contribution < 1.29 is 13.9 Å². The Labute approximate surface area is 134 Å². The normalized spacial score (nSPS) is 32.8. The van der Waals surface area contributed by atoms with E-state index in [0.717, 1.165) is 12.8 Å². The summed E-state index contributed by atoms with van der Waals surface area (Å²) in [6, 6.07) is 0.646. The van der Waals surface area contributed by atoms with Gasteiger partial charge in [-0.25, -0.2) is 8.78 Å². The molecule has 122 valence electrons. The molecule has 0 saturated heterocycles. The molecule has 0 spiro atoms. The largest absolute Gasteiger partial charge is 0.505 e. The Morgan fingerprint density at radius 1 is 1.32 bits per heavy atom. The summed E-state index contributed by atoms with van der Waals surface area (Å²) in [4.78, 5) is 0. The van der Waals surface area contributed by atoms with Gasteiger partial charge < -0.3 is 10.8 Å². The maximum atomic E-state index is 14.5. The van der Waals surface area contributed by atoms with Gasteiger partial charge in [0.25, 0.3) is 0 Å². The van der Waals surface area contributed by atoms with Crippen molar-refractivity contribution in [3.63, 3.8) is 0 Å². The Kier molecular flexibility index (Phi) is 4.11. The molecule has 3 aliphatic carbocycles. The van der Waals surface area contributed by atoms with Gasteiger partial charge in [0.05, 0.1) is 0 Å². The zero-order valence-electron chi connectivity index (χ0n) is 12.7. The van der Waals surface area contributed by atoms with E-state index in [1.165, 1.54) is 6.07 Å². The average Bonchev–Trinajstić information content (AvgIpc) is 2.74. The second-order valence-electron chi connectivity index (χ2n) is 6.95. The summed E-state index contributed by atoms with van der Waals surface area (Å²) < 4.78 is 29.0. The van der Waals surface area contributed by atoms with Crippen molar-refractivity contribution in [2.24, 2.45) is 17.6 Å². The number of aromatic hydroxyl groups is 1. The summed E-state index contributed by atoms with van der Waals surface area (Å²) >= 11 is 6.06. The van der Waals surface area contributed by atoms with Crippen molar-refractivity contribution in [1.82, 2.24) is 0 Å². The molecule has 2 bridgehead atoms. The first kappa shape index (κ1) is 16.0. The molecule has 3 fully saturated rings. The summed E-state index contributed by atoms with van der Waals surface area (Å²) in [5.41, 5.74) is 6.17. The van der Waals surface area contributed by atoms with Gasteiger partial charge in [0, 0.05) is 22.7 Å². The molecule has 1 aromatic carbocycles. The summed E-state index contributed by atoms with van der Waals surface area (Å²) in [6.07, 6.45) is 3.94. The van der Waals surface area contributed by atoms with Gasteiger partial charge in [-0.2, -0.15) is 0 Å². The molecular formula is C17H22ClF2NO. The first-order valence-corrected chi connectivity index (χ1v) is 8.32. The predicted molar refractivity (Wildman–Crippen MR) is 83.3 cm³/mol. The van der Waals surface area contributed by atoms with E-state index in [-0.39, 0.29) is 11.5 Å². The highest BCUT2D eigenvalue weighted by Gasteiger charge is 2.44. The van der Waals surface area contributed by atoms with E-state index in [1.54, 1.807) is 6.92 Å². The summed E-state index contributed by atoms with van der Waals surface area (Å²) in [6.45, 7) is 1.71. The highest BCUT2D eigenvalue weighted by Crippen LogP contribution is 2.50. The van der Waals surface area contributed by atoms with E-state index in [0.29, 0.717) is 42.2 Å². The molecular weight excluding hydrogens is 308 g/mol. The van der Waals surface area contributed by atoms with Crippen LogP contribution in [0.3, 0.4) is 0 Å². The van der Waals surface area contributed by atoms with E-state index >= 15 is 0 Å². The number of fused-ring (bicyclic) bond motifs is 4. The Balaban J connectivity index is 1.96. The summed E-state index contributed by atoms with van der Waals surface area (Å²) in [7, 11) is 0. The van der Waals surface area contributed by atoms with Crippen molar-refractivity contribution >= 4 is 11.6 Å². The van der Waals surface area contributed by atoms with Crippen LogP contribution >= 0.6 is 11.6 Å². The third kappa shape index (κ3) is 2.61. The van der Waals surface area contributed by atoms with E-state index in [4.69, 9.17) is 17.3 Å². The minimum atomic E-state index is -1.06. The van der Waals surface area contributed by atoms with E-state index in [1.807, 2.05) is 0 Å². The molecule has 5 heteroatoms. The minimum Gasteiger partial charge on any atom is -0.505 e. The van der Waals surface area contributed by atoms with Gasteiger partial charge in [-0.15, -0.1) is 0 Å². The van der Waals surface area contributed by atoms with Gasteiger partial charge in [0.1, 0.15) is 5.67 Å². The Morgan fingerprint density at radius 2 is 1.91 bits per heavy atom. The minimum absolute atomic E-state index is 0.0335. The molecule has 3 saturated carbocycles. The zero-order valence-corrected chi connectivity index (χ0v) is 13.5. The number of alkyl halides is 1. The fourth-order valence-corrected chi connectivity index (χ4v) is 4.51. The molecule has 1 aromatic rings. The molecule has 2 atom stereocenters. The van der Waals surface area contributed by atoms with Crippen LogP contribution in [0.4, 0.5) is 8.78 Å². The maximum absolute atomic E-state index is 14.5. The van der Waals surface area contributed by atoms with Gasteiger partial charge in [-0.05, 0) is 62.8 Å². The van der Waals surface area contributed by atoms with Gasteiger partial charge in [0.2, 0.25) is 0 Å². The molecule has 0 aliphatic heterocycles. The molecule has 3 aliphatic rings. The van der Waals surface area contributed by atoms with E-state index in [9.17, 15) is 13.9 Å². The van der Waals surface area contributed by atoms with Crippen LogP contribution in [-0.2, 0) is 0 Å². The lowest BCUT2D eigenvalue weighted by molar-refractivity contribution is 0.0938. The topological polar surface area (TPSA) is 46.2 Å². The van der Waals surface area contributed by atoms with Crippen LogP contribution in [-0.4, -0.2) is 10.8 Å². The predicted octanol–water partition coefficient (Wildman–Crippen LogP) is 4.80. The number of nitrogens with two attached hydrogens (primary N) is 1. The number of halogens is 3. The molecule has 0 amide bonds. The van der Waals surface area contributed by atoms with Crippen LogP contribution in [0.25, 0.3) is 0 Å². The Morgan fingerprint density at radius 3 is 2.55 bits per heavy atom. The molecule has 0 aromatic heterocycles. The monoisotopic (exact) mass is 329 g/mol. The summed E-state index contributed by atoms with van der Waals surface area (Å²) in [5, 5.41) is 10.0. The lowest BCUT2D eigenvalue weighted by Crippen LogP contribution is -2.30. The van der Waals surface area contributed by atoms with Crippen molar-refractivity contribution in [3.05, 3.63) is 28.0 Å². The Bertz CT molecular complexity index is 558. The van der Waals surface area contributed by atoms with Crippen LogP contribution in [0.1, 0.15) is 55.7 Å². The van der Waals surface area contributed by atoms with Crippen molar-refractivity contribution in [3.8, 4) is 5.75 Å². The number of rotatable bonds is 2. The van der Waals surface area contributed by atoms with E-state index in [2.05, 4.69) is 0 Å². The molecule has 0 radical (unpaired) electrons. The molecule has 2 nitrogen and oxygen atoms in total. The number of benzene rings is 1. The summed E-state index contributed by atoms with van der Waals surface area (Å²) in [5.74, 6) is -0.809. The maximum Gasteiger partial charge on any atom is 0.169 e. The first-order valence-electron chi connectivity index (χ1n) is 7.94. The SMILES string of the molecule is Cc1c(Cl)cc(O)c(F)c1[C@@H](N)[C@@H]1CCC2(F)CCC1CC2. The first-order chi connectivity index (χ1) is 10.3. The van der Waals surface area contributed by atoms with Crippen LogP contribution in [0.5, 0.6) is 5.75 Å². The number of phenolic OH excluding ortho intramolecular Hbond substituents is 1. The number of hydrogen-bond donors (Lipinski definition) is 2. The lowest BCUT2D eigenvalue weighted by atomic mass is 9.75. The van der Waals surface area contributed by atoms with Gasteiger partial charge in [-0.3, -0.25) is 0 Å². The second-order valence-corrected chi connectivity index (χ2v) is 7.35. The van der Waals surface area contributed by atoms with Crippen LogP contribution in [0.2, 0.25) is 5.02 Å². The van der Waals surface area contributed by atoms with Crippen molar-refractivity contribution in [1.29, 1.82) is 0 Å². The fraction of sp³-hybridized carbons (Fsp3) is 0.647. The highest BCUT2D eigenvalue weighted by atomic mass is 35.5. The molecule has 22 heavy (non-hydrogen) atoms. The van der Waals surface area contributed by atoms with Crippen LogP contribution in [0, 0.1) is 24.6 Å². The van der Waals surface area contributed by atoms with Gasteiger partial charge in [0.15, 0.2) is 11.6 Å². The molecule has 3 N–H and O–H groups in total. The zero-order chi connectivity index (χ0) is 16.1. The fourth-order valence-electron chi connectivity index (χ4n) is 4.30. The number of hydrogen-bond acceptors (Lipinski definition) is 2. The van der Waals surface area contributed by atoms with E-state index < -0.39 is 23.3 Å². The standard InChI is InChI=1S/C17H22ClF2NO/c1-9-12(18)8-13(22)15(19)14(9)16(21)11-4-7-17(20)5-2-10(11)3-6-17/h8,10-11,16,22H,2-7,21H2,1H3/t10?,11-,16+,17?/m1/s1. The van der Waals surface area contributed by atoms with Crippen molar-refractivity contribution in [2.75, 3.05) is 0 Å². The van der Waals surface area contributed by atoms with Gasteiger partial charge in [-0.1, -0.05) is 11.6 Å². The van der Waals surface area contributed by atoms with Crippen LogP contribution < -0.4 is 5.73 Å². The molecule has 4 rings (SSSR count). The van der Waals surface area contributed by atoms with Gasteiger partial charge >= 0.3 is 0 Å². The molecule has 0 heterocycles. The smallest absolute Gasteiger partial charge is 0.169 e. The third-order valence-corrected chi connectivity index (χ3v) is 6.13. The second kappa shape index (κ2) is 5.64. The lowest BCUT2D eigenvalue weighted by Gasteiger charge is -2.33. The quantitative estimate of drug-likeness (QED) is 0.818. The third-order valence-electron chi connectivity index (χ3n) is 5.74. The van der Waals surface area contributed by atoms with Crippen molar-refractivity contribution in [2.45, 2.75) is 57.2 Å². The molecule has 0 unspecified atom stereocenters. The van der Waals surface area contributed by atoms with Crippen LogP contribution in [0.15, 0.2) is 6.07 Å². The average molecular weight is 330 g/mol. The Hall–Kier alpha value is -0.870.